The van der Waals surface area contributed by atoms with Crippen molar-refractivity contribution in [2.45, 2.75) is 13.8 Å². The van der Waals surface area contributed by atoms with Gasteiger partial charge in [0, 0.05) is 55.4 Å². The molecule has 2 heterocycles. The fourth-order valence-corrected chi connectivity index (χ4v) is 3.88. The van der Waals surface area contributed by atoms with Crippen molar-refractivity contribution in [1.82, 2.24) is 19.9 Å². The van der Waals surface area contributed by atoms with E-state index in [2.05, 4.69) is 35.4 Å². The number of aromatic amines is 1. The van der Waals surface area contributed by atoms with Crippen LogP contribution in [-0.2, 0) is 4.79 Å². The zero-order chi connectivity index (χ0) is 25.1. The van der Waals surface area contributed by atoms with Crippen LogP contribution in [0.5, 0.6) is 0 Å². The Kier molecular flexibility index (Phi) is 6.97. The summed E-state index contributed by atoms with van der Waals surface area (Å²) in [7, 11) is 6.02. The number of halogens is 1. The number of nitrogens with zero attached hydrogens (tertiary/aromatic N) is 4. The van der Waals surface area contributed by atoms with Gasteiger partial charge in [-0.3, -0.25) is 4.79 Å². The number of nitrogens with one attached hydrogen (secondary N) is 3. The molecule has 4 aromatic rings. The fraction of sp³-hybridized carbons (Fsp3) is 0.269. The second-order valence-corrected chi connectivity index (χ2v) is 8.90. The van der Waals surface area contributed by atoms with Crippen molar-refractivity contribution in [2.75, 3.05) is 49.8 Å². The van der Waals surface area contributed by atoms with Gasteiger partial charge in [-0.05, 0) is 51.4 Å². The second kappa shape index (κ2) is 10.1. The summed E-state index contributed by atoms with van der Waals surface area (Å²) in [4.78, 5) is 27.8. The van der Waals surface area contributed by atoms with Gasteiger partial charge in [-0.25, -0.2) is 14.4 Å². The van der Waals surface area contributed by atoms with E-state index in [4.69, 9.17) is 0 Å². The first-order valence-electron chi connectivity index (χ1n) is 11.4. The highest BCUT2D eigenvalue weighted by Crippen LogP contribution is 2.32. The van der Waals surface area contributed by atoms with Crippen LogP contribution in [0.1, 0.15) is 12.5 Å². The molecule has 2 aromatic heterocycles. The molecule has 0 unspecified atom stereocenters. The lowest BCUT2D eigenvalue weighted by molar-refractivity contribution is -0.114. The first-order chi connectivity index (χ1) is 16.7. The van der Waals surface area contributed by atoms with Gasteiger partial charge in [-0.2, -0.15) is 0 Å². The number of hydrogen-bond donors (Lipinski definition) is 3. The molecule has 1 amide bonds. The van der Waals surface area contributed by atoms with E-state index in [9.17, 15) is 9.18 Å². The number of rotatable bonds is 8. The molecule has 0 aliphatic rings. The largest absolute Gasteiger partial charge is 0.372 e. The molecule has 0 fully saturated rings. The first kappa shape index (κ1) is 24.2. The van der Waals surface area contributed by atoms with Crippen LogP contribution < -0.4 is 15.5 Å². The third-order valence-electron chi connectivity index (χ3n) is 5.69. The summed E-state index contributed by atoms with van der Waals surface area (Å²) in [6.07, 6.45) is 2.92. The number of anilines is 4. The van der Waals surface area contributed by atoms with Crippen LogP contribution in [0.3, 0.4) is 0 Å². The normalized spacial score (nSPS) is 11.2. The number of benzene rings is 2. The third kappa shape index (κ3) is 5.58. The van der Waals surface area contributed by atoms with Gasteiger partial charge >= 0.3 is 0 Å². The fourth-order valence-electron chi connectivity index (χ4n) is 3.88. The molecule has 2 aromatic carbocycles. The molecule has 0 bridgehead atoms. The van der Waals surface area contributed by atoms with Crippen LogP contribution in [0.4, 0.5) is 27.4 Å². The van der Waals surface area contributed by atoms with Crippen molar-refractivity contribution < 1.29 is 9.18 Å². The average molecular weight is 476 g/mol. The molecule has 182 valence electrons. The Balaban J connectivity index is 1.64. The topological polar surface area (TPSA) is 89.2 Å². The molecular weight excluding hydrogens is 445 g/mol. The van der Waals surface area contributed by atoms with Gasteiger partial charge < -0.3 is 25.4 Å². The lowest BCUT2D eigenvalue weighted by atomic mass is 10.1. The van der Waals surface area contributed by atoms with E-state index in [0.29, 0.717) is 16.9 Å². The molecule has 3 N–H and O–H groups in total. The number of hydrogen-bond acceptors (Lipinski definition) is 6. The summed E-state index contributed by atoms with van der Waals surface area (Å²) in [6, 6.07) is 11.6. The Morgan fingerprint density at radius 2 is 1.91 bits per heavy atom. The zero-order valence-corrected chi connectivity index (χ0v) is 20.6. The van der Waals surface area contributed by atoms with Crippen LogP contribution in [0.15, 0.2) is 48.8 Å². The van der Waals surface area contributed by atoms with Gasteiger partial charge in [0.25, 0.3) is 0 Å². The van der Waals surface area contributed by atoms with Gasteiger partial charge in [0.1, 0.15) is 5.69 Å². The number of aryl methyl sites for hydroxylation is 1. The molecule has 0 spiro atoms. The molecular formula is C26H30FN7O. The lowest BCUT2D eigenvalue weighted by Crippen LogP contribution is -2.29. The summed E-state index contributed by atoms with van der Waals surface area (Å²) in [6.45, 7) is 5.13. The van der Waals surface area contributed by atoms with Crippen molar-refractivity contribution in [3.05, 3.63) is 60.2 Å². The van der Waals surface area contributed by atoms with Gasteiger partial charge in [0.05, 0.1) is 17.6 Å². The van der Waals surface area contributed by atoms with E-state index >= 15 is 0 Å². The SMILES string of the molecule is CC(=O)Nc1cc(Nc2ncc(F)c(-c3c[nH]c4ccc(C)cc34)n2)ccc1N(C)CCN(C)C. The standard InChI is InChI=1S/C26H30FN7O/c1-16-6-8-22-19(12-16)20(14-28-22)25-21(27)15-29-26(32-25)31-18-7-9-24(23(13-18)30-17(2)35)34(5)11-10-33(3)4/h6-9,12-15,28H,10-11H2,1-5H3,(H,30,35)(H,29,31,32). The van der Waals surface area contributed by atoms with E-state index in [-0.39, 0.29) is 17.5 Å². The molecule has 0 aliphatic heterocycles. The van der Waals surface area contributed by atoms with Crippen molar-refractivity contribution in [3.63, 3.8) is 0 Å². The van der Waals surface area contributed by atoms with Gasteiger partial charge in [0.15, 0.2) is 5.82 Å². The Morgan fingerprint density at radius 1 is 1.11 bits per heavy atom. The number of likely N-dealkylation sites (N-methyl/N-ethyl adjacent to an activating group) is 2. The van der Waals surface area contributed by atoms with E-state index in [0.717, 1.165) is 41.4 Å². The number of amides is 1. The quantitative estimate of drug-likeness (QED) is 0.340. The number of H-pyrrole nitrogens is 1. The van der Waals surface area contributed by atoms with Crippen molar-refractivity contribution in [3.8, 4) is 11.3 Å². The Labute approximate surface area is 204 Å². The minimum Gasteiger partial charge on any atom is -0.372 e. The van der Waals surface area contributed by atoms with E-state index in [1.807, 2.05) is 64.5 Å². The maximum atomic E-state index is 14.8. The maximum absolute atomic E-state index is 14.8. The van der Waals surface area contributed by atoms with E-state index in [1.54, 1.807) is 6.20 Å². The van der Waals surface area contributed by atoms with E-state index < -0.39 is 5.82 Å². The number of carbonyl (C=O) groups is 1. The molecule has 0 saturated carbocycles. The highest BCUT2D eigenvalue weighted by atomic mass is 19.1. The molecule has 35 heavy (non-hydrogen) atoms. The number of fused-ring (bicyclic) bond motifs is 1. The Hall–Kier alpha value is -3.98. The monoisotopic (exact) mass is 475 g/mol. The second-order valence-electron chi connectivity index (χ2n) is 8.90. The molecule has 4 rings (SSSR count). The van der Waals surface area contributed by atoms with Gasteiger partial charge in [-0.1, -0.05) is 11.6 Å². The summed E-state index contributed by atoms with van der Waals surface area (Å²) in [5.74, 6) is -0.417. The zero-order valence-electron chi connectivity index (χ0n) is 20.6. The van der Waals surface area contributed by atoms with Gasteiger partial charge in [0.2, 0.25) is 11.9 Å². The molecule has 0 radical (unpaired) electrons. The highest BCUT2D eigenvalue weighted by molar-refractivity contribution is 5.95. The van der Waals surface area contributed by atoms with Crippen LogP contribution in [0.25, 0.3) is 22.2 Å². The minimum absolute atomic E-state index is 0.167. The van der Waals surface area contributed by atoms with Crippen molar-refractivity contribution >= 4 is 39.8 Å². The van der Waals surface area contributed by atoms with Crippen LogP contribution in [-0.4, -0.2) is 60.0 Å². The number of aromatic nitrogens is 3. The predicted octanol–water partition coefficient (Wildman–Crippen LogP) is 4.77. The van der Waals surface area contributed by atoms with Crippen LogP contribution in [0, 0.1) is 12.7 Å². The average Bonchev–Trinajstić information content (AvgIpc) is 3.21. The predicted molar refractivity (Wildman–Crippen MR) is 140 cm³/mol. The van der Waals surface area contributed by atoms with Gasteiger partial charge in [-0.15, -0.1) is 0 Å². The smallest absolute Gasteiger partial charge is 0.227 e. The summed E-state index contributed by atoms with van der Waals surface area (Å²) in [5.41, 5.74) is 5.09. The molecule has 0 aliphatic carbocycles. The maximum Gasteiger partial charge on any atom is 0.227 e. The summed E-state index contributed by atoms with van der Waals surface area (Å²) < 4.78 is 14.8. The molecule has 9 heteroatoms. The minimum atomic E-state index is -0.505. The highest BCUT2D eigenvalue weighted by Gasteiger charge is 2.16. The van der Waals surface area contributed by atoms with Crippen LogP contribution >= 0.6 is 0 Å². The molecule has 8 nitrogen and oxygen atoms in total. The van der Waals surface area contributed by atoms with Crippen LogP contribution in [0.2, 0.25) is 0 Å². The lowest BCUT2D eigenvalue weighted by Gasteiger charge is -2.24. The summed E-state index contributed by atoms with van der Waals surface area (Å²) >= 11 is 0. The van der Waals surface area contributed by atoms with E-state index in [1.165, 1.54) is 6.92 Å². The molecule has 0 saturated heterocycles. The summed E-state index contributed by atoms with van der Waals surface area (Å²) in [5, 5.41) is 6.94. The third-order valence-corrected chi connectivity index (χ3v) is 5.69. The first-order valence-corrected chi connectivity index (χ1v) is 11.4. The Morgan fingerprint density at radius 3 is 2.66 bits per heavy atom. The number of carbonyl (C=O) groups excluding carboxylic acids is 1. The molecule has 0 atom stereocenters. The Bertz CT molecular complexity index is 1370. The van der Waals surface area contributed by atoms with Crippen molar-refractivity contribution in [2.24, 2.45) is 0 Å². The van der Waals surface area contributed by atoms with Crippen molar-refractivity contribution in [1.29, 1.82) is 0 Å².